The second kappa shape index (κ2) is 8.04. The van der Waals surface area contributed by atoms with Crippen LogP contribution in [-0.2, 0) is 4.74 Å². The minimum atomic E-state index is -0.361. The maximum absolute atomic E-state index is 9.60. The van der Waals surface area contributed by atoms with Crippen LogP contribution < -0.4 is 5.32 Å². The molecule has 1 unspecified atom stereocenters. The zero-order chi connectivity index (χ0) is 11.8. The van der Waals surface area contributed by atoms with E-state index in [0.717, 1.165) is 19.1 Å². The number of aliphatic hydroxyl groups is 1. The molecule has 0 saturated heterocycles. The van der Waals surface area contributed by atoms with Crippen LogP contribution in [0.4, 0.5) is 0 Å². The molecule has 0 heterocycles. The predicted molar refractivity (Wildman–Crippen MR) is 66.5 cm³/mol. The van der Waals surface area contributed by atoms with Gasteiger partial charge in [0.25, 0.3) is 0 Å². The van der Waals surface area contributed by atoms with Crippen molar-refractivity contribution in [3.05, 3.63) is 0 Å². The molecule has 3 nitrogen and oxygen atoms in total. The Morgan fingerprint density at radius 1 is 1.31 bits per heavy atom. The molecule has 1 rings (SSSR count). The predicted octanol–water partition coefficient (Wildman–Crippen LogP) is 1.80. The van der Waals surface area contributed by atoms with Crippen molar-refractivity contribution in [2.24, 2.45) is 11.8 Å². The Kier molecular flexibility index (Phi) is 7.01. The average Bonchev–Trinajstić information content (AvgIpc) is 3.00. The third-order valence-corrected chi connectivity index (χ3v) is 2.80. The maximum atomic E-state index is 9.60. The fraction of sp³-hybridized carbons (Fsp3) is 1.00. The largest absolute Gasteiger partial charge is 0.389 e. The first-order valence-electron chi connectivity index (χ1n) is 6.65. The van der Waals surface area contributed by atoms with Gasteiger partial charge in [-0.15, -0.1) is 0 Å². The van der Waals surface area contributed by atoms with Crippen molar-refractivity contribution in [2.45, 2.75) is 45.6 Å². The highest BCUT2D eigenvalue weighted by molar-refractivity contribution is 4.73. The molecular weight excluding hydrogens is 202 g/mol. The number of rotatable bonds is 10. The molecule has 0 spiro atoms. The highest BCUT2D eigenvalue weighted by Crippen LogP contribution is 2.33. The monoisotopic (exact) mass is 229 g/mol. The molecule has 1 aliphatic rings. The first-order valence-corrected chi connectivity index (χ1v) is 6.65. The van der Waals surface area contributed by atoms with Crippen molar-refractivity contribution in [3.8, 4) is 0 Å². The number of ether oxygens (including phenoxy) is 1. The Morgan fingerprint density at radius 3 is 2.69 bits per heavy atom. The van der Waals surface area contributed by atoms with Gasteiger partial charge in [0.1, 0.15) is 0 Å². The number of hydrogen-bond donors (Lipinski definition) is 2. The molecule has 0 aromatic heterocycles. The zero-order valence-electron chi connectivity index (χ0n) is 10.7. The summed E-state index contributed by atoms with van der Waals surface area (Å²) in [4.78, 5) is 0. The average molecular weight is 229 g/mol. The zero-order valence-corrected chi connectivity index (χ0v) is 10.7. The lowest BCUT2D eigenvalue weighted by Gasteiger charge is -2.13. The van der Waals surface area contributed by atoms with E-state index in [2.05, 4.69) is 19.2 Å². The Labute approximate surface area is 99.6 Å². The van der Waals surface area contributed by atoms with Gasteiger partial charge >= 0.3 is 0 Å². The quantitative estimate of drug-likeness (QED) is 0.561. The van der Waals surface area contributed by atoms with Gasteiger partial charge in [0, 0.05) is 13.2 Å². The Hall–Kier alpha value is -0.120. The molecule has 3 heteroatoms. The van der Waals surface area contributed by atoms with Crippen molar-refractivity contribution in [2.75, 3.05) is 26.3 Å². The summed E-state index contributed by atoms with van der Waals surface area (Å²) in [7, 11) is 0. The number of nitrogens with one attached hydrogen (secondary N) is 1. The minimum Gasteiger partial charge on any atom is -0.389 e. The van der Waals surface area contributed by atoms with E-state index in [-0.39, 0.29) is 6.10 Å². The summed E-state index contributed by atoms with van der Waals surface area (Å²) in [5.74, 6) is 1.56. The first-order chi connectivity index (χ1) is 7.68. The molecular formula is C13H27NO2. The highest BCUT2D eigenvalue weighted by atomic mass is 16.5. The molecule has 16 heavy (non-hydrogen) atoms. The van der Waals surface area contributed by atoms with Gasteiger partial charge in [-0.05, 0) is 31.2 Å². The van der Waals surface area contributed by atoms with Crippen LogP contribution in [0.25, 0.3) is 0 Å². The van der Waals surface area contributed by atoms with Gasteiger partial charge in [0.2, 0.25) is 0 Å². The van der Waals surface area contributed by atoms with Crippen LogP contribution in [0.15, 0.2) is 0 Å². The summed E-state index contributed by atoms with van der Waals surface area (Å²) in [5, 5.41) is 12.9. The summed E-state index contributed by atoms with van der Waals surface area (Å²) in [6.07, 6.45) is 5.11. The van der Waals surface area contributed by atoms with E-state index in [4.69, 9.17) is 4.74 Å². The number of aliphatic hydroxyl groups excluding tert-OH is 1. The molecule has 1 saturated carbocycles. The molecule has 1 atom stereocenters. The van der Waals surface area contributed by atoms with E-state index in [1.54, 1.807) is 0 Å². The second-order valence-corrected chi connectivity index (χ2v) is 5.37. The van der Waals surface area contributed by atoms with Crippen LogP contribution in [-0.4, -0.2) is 37.5 Å². The third kappa shape index (κ3) is 8.08. The minimum absolute atomic E-state index is 0.361. The summed E-state index contributed by atoms with van der Waals surface area (Å²) >= 11 is 0. The van der Waals surface area contributed by atoms with Gasteiger partial charge in [-0.3, -0.25) is 0 Å². The van der Waals surface area contributed by atoms with Gasteiger partial charge in [-0.1, -0.05) is 26.7 Å². The lowest BCUT2D eigenvalue weighted by atomic mass is 10.2. The van der Waals surface area contributed by atoms with Gasteiger partial charge in [0.15, 0.2) is 0 Å². The van der Waals surface area contributed by atoms with Gasteiger partial charge in [-0.2, -0.15) is 0 Å². The van der Waals surface area contributed by atoms with Crippen molar-refractivity contribution in [1.29, 1.82) is 0 Å². The highest BCUT2D eigenvalue weighted by Gasteiger charge is 2.19. The lowest BCUT2D eigenvalue weighted by molar-refractivity contribution is 0.0262. The molecule has 0 aromatic rings. The molecule has 1 aliphatic carbocycles. The van der Waals surface area contributed by atoms with Crippen LogP contribution in [0.2, 0.25) is 0 Å². The van der Waals surface area contributed by atoms with Crippen molar-refractivity contribution >= 4 is 0 Å². The topological polar surface area (TPSA) is 41.5 Å². The Bertz CT molecular complexity index is 169. The van der Waals surface area contributed by atoms with Crippen LogP contribution in [0, 0.1) is 11.8 Å². The van der Waals surface area contributed by atoms with Gasteiger partial charge in [-0.25, -0.2) is 0 Å². The fourth-order valence-corrected chi connectivity index (χ4v) is 1.69. The van der Waals surface area contributed by atoms with E-state index in [0.29, 0.717) is 19.1 Å². The summed E-state index contributed by atoms with van der Waals surface area (Å²) in [6.45, 7) is 7.10. The second-order valence-electron chi connectivity index (χ2n) is 5.37. The molecule has 0 radical (unpaired) electrons. The molecule has 0 aromatic carbocycles. The molecule has 0 bridgehead atoms. The van der Waals surface area contributed by atoms with Crippen molar-refractivity contribution in [1.82, 2.24) is 5.32 Å². The molecule has 2 N–H and O–H groups in total. The summed E-state index contributed by atoms with van der Waals surface area (Å²) in [6, 6.07) is 0. The van der Waals surface area contributed by atoms with Crippen LogP contribution in [0.3, 0.4) is 0 Å². The summed E-state index contributed by atoms with van der Waals surface area (Å²) in [5.41, 5.74) is 0. The molecule has 96 valence electrons. The Balaban J connectivity index is 1.79. The first kappa shape index (κ1) is 13.9. The fourth-order valence-electron chi connectivity index (χ4n) is 1.69. The third-order valence-electron chi connectivity index (χ3n) is 2.80. The molecule has 1 fully saturated rings. The van der Waals surface area contributed by atoms with E-state index in [1.807, 2.05) is 0 Å². The lowest BCUT2D eigenvalue weighted by Crippen LogP contribution is -2.31. The maximum Gasteiger partial charge on any atom is 0.0897 e. The van der Waals surface area contributed by atoms with E-state index in [1.165, 1.54) is 25.7 Å². The smallest absolute Gasteiger partial charge is 0.0897 e. The van der Waals surface area contributed by atoms with Gasteiger partial charge in [0.05, 0.1) is 12.7 Å². The van der Waals surface area contributed by atoms with Crippen LogP contribution >= 0.6 is 0 Å². The SMILES string of the molecule is CC(C)COCC(O)CNCCCC1CC1. The van der Waals surface area contributed by atoms with Crippen LogP contribution in [0.1, 0.15) is 39.5 Å². The normalized spacial score (nSPS) is 18.0. The summed E-state index contributed by atoms with van der Waals surface area (Å²) < 4.78 is 5.37. The van der Waals surface area contributed by atoms with Crippen molar-refractivity contribution < 1.29 is 9.84 Å². The van der Waals surface area contributed by atoms with E-state index >= 15 is 0 Å². The van der Waals surface area contributed by atoms with E-state index < -0.39 is 0 Å². The molecule has 0 aliphatic heterocycles. The van der Waals surface area contributed by atoms with Crippen molar-refractivity contribution in [3.63, 3.8) is 0 Å². The van der Waals surface area contributed by atoms with E-state index in [9.17, 15) is 5.11 Å². The van der Waals surface area contributed by atoms with Crippen LogP contribution in [0.5, 0.6) is 0 Å². The van der Waals surface area contributed by atoms with Gasteiger partial charge < -0.3 is 15.2 Å². The number of hydrogen-bond acceptors (Lipinski definition) is 3. The Morgan fingerprint density at radius 2 is 2.06 bits per heavy atom. The molecule has 0 amide bonds. The standard InChI is InChI=1S/C13H27NO2/c1-11(2)9-16-10-13(15)8-14-7-3-4-12-5-6-12/h11-15H,3-10H2,1-2H3.